The number of hydrogen-bond acceptors (Lipinski definition) is 6. The zero-order valence-corrected chi connectivity index (χ0v) is 19.1. The second-order valence-electron chi connectivity index (χ2n) is 8.21. The van der Waals surface area contributed by atoms with Gasteiger partial charge in [0.05, 0.1) is 17.8 Å². The minimum Gasteiger partial charge on any atom is -0.380 e. The van der Waals surface area contributed by atoms with E-state index in [1.54, 1.807) is 0 Å². The topological polar surface area (TPSA) is 63.2 Å². The maximum Gasteiger partial charge on any atom is 0.263 e. The van der Waals surface area contributed by atoms with Crippen LogP contribution in [0.1, 0.15) is 51.6 Å². The van der Waals surface area contributed by atoms with Crippen LogP contribution in [0.5, 0.6) is 0 Å². The van der Waals surface area contributed by atoms with Crippen LogP contribution in [0.3, 0.4) is 0 Å². The SMILES string of the molecule is O=C(NC1CCC[C@]2(CC1)OCCS2)c1sccc1NCc1ccnc2ccccc12.[HH].[HH].[HH]. The fraction of sp³-hybridized carbons (Fsp3) is 0.417. The number of ether oxygens (including phenoxy) is 1. The van der Waals surface area contributed by atoms with Gasteiger partial charge in [0.1, 0.15) is 9.81 Å². The Balaban J connectivity index is 0.00000136. The molecule has 168 valence electrons. The number of nitrogens with one attached hydrogen (secondary N) is 2. The Kier molecular flexibility index (Phi) is 6.16. The van der Waals surface area contributed by atoms with Crippen molar-refractivity contribution in [2.24, 2.45) is 0 Å². The number of aromatic nitrogens is 1. The number of carbonyl (C=O) groups is 1. The van der Waals surface area contributed by atoms with Crippen LogP contribution in [0, 0.1) is 0 Å². The van der Waals surface area contributed by atoms with Gasteiger partial charge in [-0.25, -0.2) is 0 Å². The molecule has 2 aliphatic rings. The minimum atomic E-state index is 0. The fourth-order valence-corrected chi connectivity index (χ4v) is 6.62. The molecule has 5 nitrogen and oxygen atoms in total. The average Bonchev–Trinajstić information content (AvgIpc) is 3.41. The van der Waals surface area contributed by atoms with E-state index in [2.05, 4.69) is 21.7 Å². The standard InChI is InChI=1S/C24H27N3O2S2.3H2/c28-23(27-18-4-3-10-24(11-7-18)29-13-15-31-24)22-21(9-14-30-22)26-16-17-8-12-25-20-6-2-1-5-19(17)20;;;/h1-2,5-6,8-9,12,14,18,26H,3-4,7,10-11,13,15-16H2,(H,27,28);3*1H/t18?,24-;;;/m0.../s1. The minimum absolute atomic E-state index is 0. The van der Waals surface area contributed by atoms with Crippen molar-refractivity contribution < 1.29 is 13.8 Å². The Hall–Kier alpha value is -2.09. The summed E-state index contributed by atoms with van der Waals surface area (Å²) in [4.78, 5) is 18.2. The van der Waals surface area contributed by atoms with E-state index in [-0.39, 0.29) is 21.2 Å². The number of nitrogens with zero attached hydrogens (tertiary/aromatic N) is 1. The third-order valence-corrected chi connectivity index (χ3v) is 8.55. The van der Waals surface area contributed by atoms with Crippen molar-refractivity contribution in [3.8, 4) is 0 Å². The van der Waals surface area contributed by atoms with Gasteiger partial charge in [0.25, 0.3) is 5.91 Å². The molecule has 1 aliphatic carbocycles. The van der Waals surface area contributed by atoms with Gasteiger partial charge in [0.15, 0.2) is 0 Å². The second-order valence-corrected chi connectivity index (χ2v) is 10.6. The van der Waals surface area contributed by atoms with E-state index in [0.29, 0.717) is 6.54 Å². The number of para-hydroxylation sites is 1. The monoisotopic (exact) mass is 459 g/mol. The van der Waals surface area contributed by atoms with Gasteiger partial charge < -0.3 is 15.4 Å². The largest absolute Gasteiger partial charge is 0.380 e. The van der Waals surface area contributed by atoms with E-state index < -0.39 is 0 Å². The Morgan fingerprint density at radius 2 is 2.16 bits per heavy atom. The number of benzene rings is 1. The first kappa shape index (κ1) is 20.8. The molecular weight excluding hydrogens is 426 g/mol. The van der Waals surface area contributed by atoms with Crippen LogP contribution in [0.2, 0.25) is 0 Å². The van der Waals surface area contributed by atoms with Crippen molar-refractivity contribution in [3.05, 3.63) is 58.4 Å². The van der Waals surface area contributed by atoms with Gasteiger partial charge >= 0.3 is 0 Å². The maximum atomic E-state index is 13.1. The Morgan fingerprint density at radius 1 is 1.23 bits per heavy atom. The van der Waals surface area contributed by atoms with Crippen molar-refractivity contribution in [2.75, 3.05) is 17.7 Å². The molecule has 3 heterocycles. The molecule has 1 amide bonds. The van der Waals surface area contributed by atoms with E-state index in [1.165, 1.54) is 16.9 Å². The lowest BCUT2D eigenvalue weighted by Gasteiger charge is -2.25. The normalized spacial score (nSPS) is 23.7. The third kappa shape index (κ3) is 4.59. The molecule has 3 aromatic rings. The van der Waals surface area contributed by atoms with Gasteiger partial charge in [-0.2, -0.15) is 0 Å². The summed E-state index contributed by atoms with van der Waals surface area (Å²) in [6.45, 7) is 1.51. The maximum absolute atomic E-state index is 13.1. The van der Waals surface area contributed by atoms with Crippen LogP contribution in [0.25, 0.3) is 10.9 Å². The fourth-order valence-electron chi connectivity index (χ4n) is 4.59. The quantitative estimate of drug-likeness (QED) is 0.478. The van der Waals surface area contributed by atoms with Gasteiger partial charge in [0.2, 0.25) is 0 Å². The zero-order valence-electron chi connectivity index (χ0n) is 17.4. The first-order valence-corrected chi connectivity index (χ1v) is 12.8. The highest BCUT2D eigenvalue weighted by Gasteiger charge is 2.38. The van der Waals surface area contributed by atoms with Gasteiger partial charge in [-0.15, -0.1) is 23.1 Å². The summed E-state index contributed by atoms with van der Waals surface area (Å²) in [6, 6.07) is 12.4. The summed E-state index contributed by atoms with van der Waals surface area (Å²) in [5.41, 5.74) is 3.05. The molecule has 1 spiro atoms. The second kappa shape index (κ2) is 9.18. The van der Waals surface area contributed by atoms with E-state index in [0.717, 1.165) is 65.9 Å². The highest BCUT2D eigenvalue weighted by molar-refractivity contribution is 8.00. The van der Waals surface area contributed by atoms with Crippen LogP contribution >= 0.6 is 23.1 Å². The van der Waals surface area contributed by atoms with Crippen LogP contribution in [-0.4, -0.2) is 34.2 Å². The van der Waals surface area contributed by atoms with E-state index in [9.17, 15) is 4.79 Å². The molecule has 2 atom stereocenters. The smallest absolute Gasteiger partial charge is 0.263 e. The van der Waals surface area contributed by atoms with Crippen LogP contribution in [0.15, 0.2) is 48.0 Å². The van der Waals surface area contributed by atoms with Crippen molar-refractivity contribution in [1.82, 2.24) is 10.3 Å². The van der Waals surface area contributed by atoms with Crippen molar-refractivity contribution in [2.45, 2.75) is 49.6 Å². The predicted molar refractivity (Wildman–Crippen MR) is 135 cm³/mol. The average molecular weight is 460 g/mol. The van der Waals surface area contributed by atoms with E-state index in [4.69, 9.17) is 4.74 Å². The third-order valence-electron chi connectivity index (χ3n) is 6.21. The molecule has 1 unspecified atom stereocenters. The highest BCUT2D eigenvalue weighted by atomic mass is 32.2. The predicted octanol–water partition coefficient (Wildman–Crippen LogP) is 6.17. The summed E-state index contributed by atoms with van der Waals surface area (Å²) in [5.74, 6) is 1.12. The lowest BCUT2D eigenvalue weighted by molar-refractivity contribution is 0.0398. The molecule has 2 N–H and O–H groups in total. The summed E-state index contributed by atoms with van der Waals surface area (Å²) in [6.07, 6.45) is 7.06. The van der Waals surface area contributed by atoms with Gasteiger partial charge in [-0.3, -0.25) is 9.78 Å². The number of rotatable bonds is 5. The lowest BCUT2D eigenvalue weighted by Crippen LogP contribution is -2.34. The first-order chi connectivity index (χ1) is 15.2. The Morgan fingerprint density at radius 3 is 3.06 bits per heavy atom. The number of amides is 1. The van der Waals surface area contributed by atoms with Crippen molar-refractivity contribution in [3.63, 3.8) is 0 Å². The summed E-state index contributed by atoms with van der Waals surface area (Å²) >= 11 is 3.45. The number of hydrogen-bond donors (Lipinski definition) is 2. The summed E-state index contributed by atoms with van der Waals surface area (Å²) in [5, 5.41) is 9.88. The molecule has 2 fully saturated rings. The molecule has 2 aromatic heterocycles. The highest BCUT2D eigenvalue weighted by Crippen LogP contribution is 2.43. The van der Waals surface area contributed by atoms with E-state index in [1.807, 2.05) is 53.7 Å². The molecule has 5 rings (SSSR count). The molecule has 31 heavy (non-hydrogen) atoms. The van der Waals surface area contributed by atoms with Crippen LogP contribution in [-0.2, 0) is 11.3 Å². The van der Waals surface area contributed by atoms with Gasteiger partial charge in [-0.1, -0.05) is 18.2 Å². The van der Waals surface area contributed by atoms with Gasteiger partial charge in [-0.05, 0) is 61.2 Å². The molecule has 1 aromatic carbocycles. The lowest BCUT2D eigenvalue weighted by atomic mass is 10.1. The molecule has 1 saturated heterocycles. The number of thiophene rings is 1. The number of fused-ring (bicyclic) bond motifs is 1. The summed E-state index contributed by atoms with van der Waals surface area (Å²) < 4.78 is 6.05. The van der Waals surface area contributed by atoms with Crippen molar-refractivity contribution >= 4 is 45.6 Å². The summed E-state index contributed by atoms with van der Waals surface area (Å²) in [7, 11) is 0. The molecular formula is C24H33N3O2S2. The number of pyridine rings is 1. The zero-order chi connectivity index (χ0) is 21.1. The Bertz CT molecular complexity index is 1070. The number of anilines is 1. The van der Waals surface area contributed by atoms with Crippen molar-refractivity contribution in [1.29, 1.82) is 0 Å². The van der Waals surface area contributed by atoms with Crippen LogP contribution in [0.4, 0.5) is 5.69 Å². The molecule has 0 radical (unpaired) electrons. The molecule has 1 aliphatic heterocycles. The Labute approximate surface area is 195 Å². The number of thioether (sulfide) groups is 1. The van der Waals surface area contributed by atoms with Crippen LogP contribution < -0.4 is 10.6 Å². The molecule has 7 heteroatoms. The molecule has 0 bridgehead atoms. The first-order valence-electron chi connectivity index (χ1n) is 11.0. The van der Waals surface area contributed by atoms with Gasteiger partial charge in [0, 0.05) is 34.2 Å². The molecule has 1 saturated carbocycles. The van der Waals surface area contributed by atoms with E-state index >= 15 is 0 Å². The number of carbonyl (C=O) groups excluding carboxylic acids is 1.